The Morgan fingerprint density at radius 1 is 1.00 bits per heavy atom. The number of carbonyl (C=O) groups is 2. The van der Waals surface area contributed by atoms with Crippen LogP contribution in [0.4, 0.5) is 0 Å². The number of H-pyrrole nitrogens is 1. The van der Waals surface area contributed by atoms with Crippen molar-refractivity contribution in [3.8, 4) is 0 Å². The molecule has 0 saturated heterocycles. The van der Waals surface area contributed by atoms with Gasteiger partial charge in [0.1, 0.15) is 0 Å². The molecule has 1 atom stereocenters. The lowest BCUT2D eigenvalue weighted by Gasteiger charge is -2.33. The van der Waals surface area contributed by atoms with Crippen LogP contribution in [0, 0.1) is 0 Å². The van der Waals surface area contributed by atoms with Crippen LogP contribution in [-0.4, -0.2) is 36.7 Å². The first-order valence-corrected chi connectivity index (χ1v) is 8.59. The van der Waals surface area contributed by atoms with Crippen molar-refractivity contribution in [2.75, 3.05) is 14.2 Å². The van der Waals surface area contributed by atoms with Gasteiger partial charge in [-0.2, -0.15) is 0 Å². The summed E-state index contributed by atoms with van der Waals surface area (Å²) >= 11 is 6.42. The van der Waals surface area contributed by atoms with Crippen LogP contribution in [0.5, 0.6) is 0 Å². The summed E-state index contributed by atoms with van der Waals surface area (Å²) < 4.78 is 9.75. The third-order valence-corrected chi connectivity index (χ3v) is 4.99. The largest absolute Gasteiger partial charge is 0.467 e. The number of rotatable bonds is 5. The number of benzene rings is 2. The number of aromatic amines is 1. The third-order valence-electron chi connectivity index (χ3n) is 4.65. The van der Waals surface area contributed by atoms with Gasteiger partial charge in [0.05, 0.1) is 20.1 Å². The first-order valence-electron chi connectivity index (χ1n) is 8.21. The molecule has 0 aliphatic rings. The van der Waals surface area contributed by atoms with Gasteiger partial charge >= 0.3 is 11.9 Å². The van der Waals surface area contributed by atoms with Crippen molar-refractivity contribution < 1.29 is 19.1 Å². The molecule has 0 saturated carbocycles. The van der Waals surface area contributed by atoms with Gasteiger partial charge in [-0.3, -0.25) is 0 Å². The zero-order valence-electron chi connectivity index (χ0n) is 14.9. The minimum atomic E-state index is -2.13. The second-order valence-electron chi connectivity index (χ2n) is 6.10. The molecule has 0 bridgehead atoms. The molecule has 7 heteroatoms. The maximum atomic E-state index is 12.7. The first kappa shape index (κ1) is 18.9. The molecule has 0 radical (unpaired) electrons. The molecule has 3 aromatic rings. The van der Waals surface area contributed by atoms with Gasteiger partial charge < -0.3 is 20.2 Å². The molecule has 0 unspecified atom stereocenters. The molecule has 140 valence electrons. The van der Waals surface area contributed by atoms with Crippen molar-refractivity contribution in [3.05, 3.63) is 70.9 Å². The molecule has 27 heavy (non-hydrogen) atoms. The van der Waals surface area contributed by atoms with Crippen LogP contribution in [-0.2, 0) is 19.1 Å². The zero-order valence-corrected chi connectivity index (χ0v) is 15.6. The van der Waals surface area contributed by atoms with Gasteiger partial charge in [-0.1, -0.05) is 48.0 Å². The number of esters is 2. The van der Waals surface area contributed by atoms with Crippen LogP contribution in [0.15, 0.2) is 54.7 Å². The number of ether oxygens (including phenoxy) is 2. The predicted molar refractivity (Wildman–Crippen MR) is 103 cm³/mol. The lowest BCUT2D eigenvalue weighted by Crippen LogP contribution is -2.60. The Morgan fingerprint density at radius 3 is 2.22 bits per heavy atom. The van der Waals surface area contributed by atoms with Crippen molar-refractivity contribution >= 4 is 34.4 Å². The number of para-hydroxylation sites is 1. The predicted octanol–water partition coefficient (Wildman–Crippen LogP) is 3.00. The minimum Gasteiger partial charge on any atom is -0.467 e. The normalized spacial score (nSPS) is 12.6. The van der Waals surface area contributed by atoms with E-state index < -0.39 is 23.4 Å². The molecule has 0 aliphatic carbocycles. The Hall–Kier alpha value is -2.83. The Bertz CT molecular complexity index is 982. The van der Waals surface area contributed by atoms with E-state index in [1.165, 1.54) is 14.2 Å². The lowest BCUT2D eigenvalue weighted by molar-refractivity contribution is -0.162. The molecule has 0 fully saturated rings. The molecular weight excluding hydrogens is 368 g/mol. The van der Waals surface area contributed by atoms with Crippen LogP contribution in [0.2, 0.25) is 5.02 Å². The maximum absolute atomic E-state index is 12.7. The number of nitrogens with one attached hydrogen (secondary N) is 1. The molecular formula is C20H19ClN2O4. The molecule has 3 rings (SSSR count). The van der Waals surface area contributed by atoms with Crippen LogP contribution < -0.4 is 5.73 Å². The van der Waals surface area contributed by atoms with Crippen molar-refractivity contribution in [2.24, 2.45) is 5.73 Å². The highest BCUT2D eigenvalue weighted by Gasteiger charge is 2.53. The fraction of sp³-hybridized carbons (Fsp3) is 0.200. The molecule has 3 N–H and O–H groups in total. The van der Waals surface area contributed by atoms with E-state index in [-0.39, 0.29) is 0 Å². The van der Waals surface area contributed by atoms with Crippen LogP contribution in [0.3, 0.4) is 0 Å². The monoisotopic (exact) mass is 386 g/mol. The topological polar surface area (TPSA) is 94.4 Å². The number of halogens is 1. The number of nitrogens with two attached hydrogens (primary N) is 1. The lowest BCUT2D eigenvalue weighted by atomic mass is 9.75. The van der Waals surface area contributed by atoms with Gasteiger partial charge in [0.2, 0.25) is 5.54 Å². The van der Waals surface area contributed by atoms with E-state index in [1.54, 1.807) is 30.5 Å². The Morgan fingerprint density at radius 2 is 1.59 bits per heavy atom. The van der Waals surface area contributed by atoms with E-state index in [2.05, 4.69) is 4.98 Å². The summed E-state index contributed by atoms with van der Waals surface area (Å²) in [5, 5.41) is 1.18. The number of methoxy groups -OCH3 is 2. The van der Waals surface area contributed by atoms with Crippen LogP contribution in [0.25, 0.3) is 10.9 Å². The maximum Gasteiger partial charge on any atom is 0.338 e. The van der Waals surface area contributed by atoms with E-state index in [0.29, 0.717) is 16.1 Å². The molecule has 1 heterocycles. The highest BCUT2D eigenvalue weighted by Crippen LogP contribution is 2.41. The second kappa shape index (κ2) is 7.42. The van der Waals surface area contributed by atoms with Crippen molar-refractivity contribution in [1.82, 2.24) is 4.98 Å². The molecule has 0 spiro atoms. The van der Waals surface area contributed by atoms with Crippen LogP contribution >= 0.6 is 11.6 Å². The fourth-order valence-corrected chi connectivity index (χ4v) is 3.60. The summed E-state index contributed by atoms with van der Waals surface area (Å²) in [6.07, 6.45) is 1.71. The van der Waals surface area contributed by atoms with Crippen LogP contribution in [0.1, 0.15) is 17.0 Å². The van der Waals surface area contributed by atoms with Gasteiger partial charge in [-0.15, -0.1) is 0 Å². The summed E-state index contributed by atoms with van der Waals surface area (Å²) in [5.41, 5.74) is 6.27. The fourth-order valence-electron chi connectivity index (χ4n) is 3.36. The van der Waals surface area contributed by atoms with Crippen molar-refractivity contribution in [3.63, 3.8) is 0 Å². The third kappa shape index (κ3) is 3.07. The summed E-state index contributed by atoms with van der Waals surface area (Å²) in [7, 11) is 2.34. The van der Waals surface area contributed by atoms with Gasteiger partial charge in [0, 0.05) is 22.1 Å². The molecule has 0 amide bonds. The molecule has 1 aromatic heterocycles. The number of hydrogen-bond donors (Lipinski definition) is 2. The number of fused-ring (bicyclic) bond motifs is 1. The van der Waals surface area contributed by atoms with E-state index >= 15 is 0 Å². The number of aromatic nitrogens is 1. The first-order chi connectivity index (χ1) is 12.9. The average molecular weight is 387 g/mol. The van der Waals surface area contributed by atoms with Gasteiger partial charge in [0.25, 0.3) is 0 Å². The van der Waals surface area contributed by atoms with E-state index in [1.807, 2.05) is 24.3 Å². The second-order valence-corrected chi connectivity index (χ2v) is 6.50. The van der Waals surface area contributed by atoms with E-state index in [0.717, 1.165) is 10.9 Å². The molecule has 0 aliphatic heterocycles. The Labute approximate surface area is 161 Å². The quantitative estimate of drug-likeness (QED) is 0.519. The van der Waals surface area contributed by atoms with E-state index in [4.69, 9.17) is 26.8 Å². The van der Waals surface area contributed by atoms with Gasteiger partial charge in [-0.05, 0) is 23.3 Å². The highest BCUT2D eigenvalue weighted by molar-refractivity contribution is 6.31. The highest BCUT2D eigenvalue weighted by atomic mass is 35.5. The summed E-state index contributed by atoms with van der Waals surface area (Å²) in [5.74, 6) is -2.75. The standard InChI is InChI=1S/C20H19ClN2O4/c1-26-18(24)20(22,19(25)27-2)17(13-8-3-5-9-15(13)21)14-11-23-16-10-6-4-7-12(14)16/h3-11,17,23H,22H2,1-2H3/t17-/m0/s1. The van der Waals surface area contributed by atoms with Crippen molar-refractivity contribution in [2.45, 2.75) is 11.5 Å². The van der Waals surface area contributed by atoms with E-state index in [9.17, 15) is 9.59 Å². The summed E-state index contributed by atoms with van der Waals surface area (Å²) in [6, 6.07) is 14.4. The Kier molecular flexibility index (Phi) is 5.21. The zero-order chi connectivity index (χ0) is 19.6. The Balaban J connectivity index is 2.36. The summed E-state index contributed by atoms with van der Waals surface area (Å²) in [6.45, 7) is 0. The number of carbonyl (C=O) groups excluding carboxylic acids is 2. The number of hydrogen-bond acceptors (Lipinski definition) is 5. The average Bonchev–Trinajstić information content (AvgIpc) is 3.12. The summed E-state index contributed by atoms with van der Waals surface area (Å²) in [4.78, 5) is 28.5. The minimum absolute atomic E-state index is 0.371. The van der Waals surface area contributed by atoms with Gasteiger partial charge in [-0.25, -0.2) is 9.59 Å². The van der Waals surface area contributed by atoms with Crippen molar-refractivity contribution in [1.29, 1.82) is 0 Å². The smallest absolute Gasteiger partial charge is 0.338 e. The SMILES string of the molecule is COC(=O)C(N)(C(=O)OC)[C@@H](c1ccccc1Cl)c1c[nH]c2ccccc12. The molecule has 2 aromatic carbocycles. The van der Waals surface area contributed by atoms with Gasteiger partial charge in [0.15, 0.2) is 0 Å². The molecule has 6 nitrogen and oxygen atoms in total.